The van der Waals surface area contributed by atoms with Crippen molar-refractivity contribution in [2.75, 3.05) is 5.32 Å². The maximum atomic E-state index is 4.20. The van der Waals surface area contributed by atoms with E-state index in [1.54, 1.807) is 12.2 Å². The van der Waals surface area contributed by atoms with Crippen LogP contribution in [0.5, 0.6) is 0 Å². The van der Waals surface area contributed by atoms with Gasteiger partial charge in [0.15, 0.2) is 0 Å². The zero-order chi connectivity index (χ0) is 14.9. The Morgan fingerprint density at radius 2 is 1.52 bits per heavy atom. The summed E-state index contributed by atoms with van der Waals surface area (Å²) in [5, 5.41) is 11.6. The molecule has 0 aromatic heterocycles. The summed E-state index contributed by atoms with van der Waals surface area (Å²) < 4.78 is 0. The Kier molecular flexibility index (Phi) is 5.24. The number of anilines is 1. The fraction of sp³-hybridized carbons (Fsp3) is 0. The van der Waals surface area contributed by atoms with Crippen LogP contribution in [0.3, 0.4) is 0 Å². The predicted octanol–water partition coefficient (Wildman–Crippen LogP) is 6.02. The molecule has 3 nitrogen and oxygen atoms in total. The first-order chi connectivity index (χ1) is 10.3. The van der Waals surface area contributed by atoms with Crippen LogP contribution in [0, 0.1) is 0 Å². The monoisotopic (exact) mass is 277 g/mol. The molecule has 0 aliphatic rings. The maximum Gasteiger partial charge on any atom is 0.0858 e. The molecule has 0 radical (unpaired) electrons. The highest BCUT2D eigenvalue weighted by molar-refractivity contribution is 5.55. The summed E-state index contributed by atoms with van der Waals surface area (Å²) in [6, 6.07) is 17.3. The van der Waals surface area contributed by atoms with Gasteiger partial charge in [-0.25, -0.2) is 0 Å². The first-order valence-electron chi connectivity index (χ1n) is 6.61. The predicted molar refractivity (Wildman–Crippen MR) is 91.3 cm³/mol. The van der Waals surface area contributed by atoms with Gasteiger partial charge < -0.3 is 5.32 Å². The molecule has 0 fully saturated rings. The van der Waals surface area contributed by atoms with E-state index in [1.807, 2.05) is 60.7 Å². The van der Waals surface area contributed by atoms with E-state index in [0.717, 1.165) is 22.8 Å². The zero-order valence-corrected chi connectivity index (χ0v) is 11.7. The molecule has 3 heteroatoms. The van der Waals surface area contributed by atoms with E-state index in [4.69, 9.17) is 0 Å². The van der Waals surface area contributed by atoms with Crippen molar-refractivity contribution in [1.29, 1.82) is 0 Å². The third kappa shape index (κ3) is 4.58. The second-order valence-electron chi connectivity index (χ2n) is 4.27. The minimum atomic E-state index is 0. The Labute approximate surface area is 126 Å². The van der Waals surface area contributed by atoms with Crippen LogP contribution in [0.1, 0.15) is 1.43 Å². The van der Waals surface area contributed by atoms with Crippen molar-refractivity contribution in [2.24, 2.45) is 10.2 Å². The highest BCUT2D eigenvalue weighted by Gasteiger charge is 1.95. The zero-order valence-electron chi connectivity index (χ0n) is 11.7. The van der Waals surface area contributed by atoms with Crippen molar-refractivity contribution in [2.45, 2.75) is 0 Å². The molecule has 0 bridgehead atoms. The van der Waals surface area contributed by atoms with Gasteiger partial charge in [-0.3, -0.25) is 0 Å². The number of nitrogens with zero attached hydrogens (tertiary/aromatic N) is 2. The van der Waals surface area contributed by atoms with Crippen molar-refractivity contribution in [3.63, 3.8) is 0 Å². The number of azo groups is 1. The summed E-state index contributed by atoms with van der Waals surface area (Å²) in [6.45, 7) is 7.41. The van der Waals surface area contributed by atoms with E-state index in [1.165, 1.54) is 0 Å². The lowest BCUT2D eigenvalue weighted by molar-refractivity contribution is 1.23. The number of allylic oxidation sites excluding steroid dienone is 3. The molecule has 106 valence electrons. The van der Waals surface area contributed by atoms with Crippen molar-refractivity contribution in [1.82, 2.24) is 0 Å². The van der Waals surface area contributed by atoms with Gasteiger partial charge in [0, 0.05) is 12.8 Å². The molecule has 0 aliphatic heterocycles. The Balaban J connectivity index is 0.00000242. The Morgan fingerprint density at radius 1 is 0.905 bits per heavy atom. The van der Waals surface area contributed by atoms with Crippen LogP contribution in [0.25, 0.3) is 0 Å². The minimum Gasteiger partial charge on any atom is -0.356 e. The average Bonchev–Trinajstić information content (AvgIpc) is 2.54. The van der Waals surface area contributed by atoms with Crippen molar-refractivity contribution < 1.29 is 1.43 Å². The van der Waals surface area contributed by atoms with E-state index in [9.17, 15) is 0 Å². The molecule has 2 aromatic rings. The van der Waals surface area contributed by atoms with Gasteiger partial charge in [0.2, 0.25) is 0 Å². The summed E-state index contributed by atoms with van der Waals surface area (Å²) in [5.41, 5.74) is 3.49. The number of hydrogen-bond acceptors (Lipinski definition) is 3. The first kappa shape index (κ1) is 14.5. The Morgan fingerprint density at radius 3 is 2.10 bits per heavy atom. The molecule has 0 heterocycles. The summed E-state index contributed by atoms with van der Waals surface area (Å²) in [6.07, 6.45) is 5.31. The molecule has 0 saturated carbocycles. The molecular weight excluding hydrogens is 258 g/mol. The maximum absolute atomic E-state index is 4.20. The van der Waals surface area contributed by atoms with Crippen LogP contribution in [-0.2, 0) is 0 Å². The number of nitrogens with one attached hydrogen (secondary N) is 1. The fourth-order valence-electron chi connectivity index (χ4n) is 1.68. The van der Waals surface area contributed by atoms with Gasteiger partial charge >= 0.3 is 0 Å². The second kappa shape index (κ2) is 7.60. The summed E-state index contributed by atoms with van der Waals surface area (Å²) in [4.78, 5) is 0. The van der Waals surface area contributed by atoms with Crippen LogP contribution in [0.15, 0.2) is 102 Å². The molecule has 1 N–H and O–H groups in total. The van der Waals surface area contributed by atoms with E-state index in [-0.39, 0.29) is 1.43 Å². The van der Waals surface area contributed by atoms with E-state index < -0.39 is 0 Å². The lowest BCUT2D eigenvalue weighted by Crippen LogP contribution is -1.95. The highest BCUT2D eigenvalue weighted by Crippen LogP contribution is 2.20. The van der Waals surface area contributed by atoms with E-state index in [0.29, 0.717) is 0 Å². The van der Waals surface area contributed by atoms with Crippen molar-refractivity contribution in [3.05, 3.63) is 91.7 Å². The third-order valence-electron chi connectivity index (χ3n) is 2.71. The topological polar surface area (TPSA) is 36.8 Å². The average molecular weight is 277 g/mol. The number of hydrogen-bond donors (Lipinski definition) is 1. The third-order valence-corrected chi connectivity index (χ3v) is 2.71. The Hall–Kier alpha value is -2.94. The molecule has 0 amide bonds. The quantitative estimate of drug-likeness (QED) is 0.509. The molecule has 0 saturated heterocycles. The van der Waals surface area contributed by atoms with Gasteiger partial charge in [0.25, 0.3) is 0 Å². The summed E-state index contributed by atoms with van der Waals surface area (Å²) >= 11 is 0. The van der Waals surface area contributed by atoms with Gasteiger partial charge in [-0.2, -0.15) is 10.2 Å². The van der Waals surface area contributed by atoms with Crippen molar-refractivity contribution >= 4 is 17.1 Å². The highest BCUT2D eigenvalue weighted by atomic mass is 15.1. The number of benzene rings is 2. The molecule has 2 aromatic carbocycles. The fourth-order valence-corrected chi connectivity index (χ4v) is 1.68. The Bertz CT molecular complexity index is 658. The first-order valence-corrected chi connectivity index (χ1v) is 6.61. The van der Waals surface area contributed by atoms with Gasteiger partial charge in [0.1, 0.15) is 0 Å². The van der Waals surface area contributed by atoms with E-state index >= 15 is 0 Å². The van der Waals surface area contributed by atoms with E-state index in [2.05, 4.69) is 28.7 Å². The molecule has 0 atom stereocenters. The smallest absolute Gasteiger partial charge is 0.0858 e. The lowest BCUT2D eigenvalue weighted by atomic mass is 10.2. The molecule has 2 rings (SSSR count). The largest absolute Gasteiger partial charge is 0.356 e. The van der Waals surface area contributed by atoms with Crippen molar-refractivity contribution in [3.8, 4) is 0 Å². The van der Waals surface area contributed by atoms with Gasteiger partial charge in [-0.1, -0.05) is 37.4 Å². The number of rotatable bonds is 6. The normalized spacial score (nSPS) is 11.3. The molecule has 21 heavy (non-hydrogen) atoms. The van der Waals surface area contributed by atoms with Gasteiger partial charge in [0.05, 0.1) is 11.4 Å². The lowest BCUT2D eigenvalue weighted by Gasteiger charge is -2.06. The molecule has 0 aliphatic carbocycles. The molecular formula is C18H19N3. The van der Waals surface area contributed by atoms with Crippen LogP contribution in [0.2, 0.25) is 0 Å². The van der Waals surface area contributed by atoms with Crippen LogP contribution < -0.4 is 5.32 Å². The van der Waals surface area contributed by atoms with Crippen LogP contribution in [-0.4, -0.2) is 0 Å². The summed E-state index contributed by atoms with van der Waals surface area (Å²) in [7, 11) is 0. The van der Waals surface area contributed by atoms with Gasteiger partial charge in [-0.05, 0) is 48.6 Å². The molecule has 0 unspecified atom stereocenters. The SMILES string of the molecule is C=C/C=C(\C=C)Nc1ccc(N=Nc2ccccc2)cc1.[HH]. The summed E-state index contributed by atoms with van der Waals surface area (Å²) in [5.74, 6) is 0. The van der Waals surface area contributed by atoms with Crippen LogP contribution in [0.4, 0.5) is 17.1 Å². The molecule has 0 spiro atoms. The second-order valence-corrected chi connectivity index (χ2v) is 4.27. The standard InChI is InChI=1S/C18H17N3.H2/c1-3-8-15(4-2)19-16-11-13-18(14-12-16)21-20-17-9-6-5-7-10-17;/h3-14,19H,1-2H2;1H/b15-8+,21-20?;. The van der Waals surface area contributed by atoms with Crippen LogP contribution >= 0.6 is 0 Å². The van der Waals surface area contributed by atoms with Gasteiger partial charge in [-0.15, -0.1) is 0 Å². The minimum absolute atomic E-state index is 0.